The Labute approximate surface area is 144 Å². The van der Waals surface area contributed by atoms with Gasteiger partial charge < -0.3 is 10.1 Å². The number of para-hydroxylation sites is 1. The minimum Gasteiger partial charge on any atom is -0.486 e. The number of hydrogen-bond acceptors (Lipinski definition) is 5. The van der Waals surface area contributed by atoms with Gasteiger partial charge >= 0.3 is 0 Å². The molecule has 0 unspecified atom stereocenters. The van der Waals surface area contributed by atoms with Crippen molar-refractivity contribution in [1.82, 2.24) is 15.3 Å². The summed E-state index contributed by atoms with van der Waals surface area (Å²) in [5.74, 6) is 0.761. The van der Waals surface area contributed by atoms with Crippen LogP contribution in [0.2, 0.25) is 0 Å². The maximum atomic E-state index is 12.0. The zero-order valence-corrected chi connectivity index (χ0v) is 13.8. The van der Waals surface area contributed by atoms with E-state index in [0.29, 0.717) is 13.2 Å². The number of nitrogens with zero attached hydrogens (tertiary/aromatic N) is 2. The number of aromatic nitrogens is 2. The van der Waals surface area contributed by atoms with Crippen molar-refractivity contribution in [2.75, 3.05) is 0 Å². The Morgan fingerprint density at radius 1 is 1.12 bits per heavy atom. The summed E-state index contributed by atoms with van der Waals surface area (Å²) in [7, 11) is 0. The highest BCUT2D eigenvalue weighted by molar-refractivity contribution is 7.09. The van der Waals surface area contributed by atoms with Crippen molar-refractivity contribution in [3.05, 3.63) is 76.5 Å². The van der Waals surface area contributed by atoms with Crippen molar-refractivity contribution >= 4 is 17.2 Å². The van der Waals surface area contributed by atoms with E-state index in [1.54, 1.807) is 12.4 Å². The van der Waals surface area contributed by atoms with Crippen LogP contribution >= 0.6 is 11.3 Å². The normalized spacial score (nSPS) is 10.3. The summed E-state index contributed by atoms with van der Waals surface area (Å²) >= 11 is 1.50. The van der Waals surface area contributed by atoms with Gasteiger partial charge in [0.05, 0.1) is 12.1 Å². The fraction of sp³-hybridized carbons (Fsp3) is 0.167. The summed E-state index contributed by atoms with van der Waals surface area (Å²) in [6, 6.07) is 13.4. The largest absolute Gasteiger partial charge is 0.486 e. The molecule has 0 atom stereocenters. The SMILES string of the molecule is O=C(Cc1csc(COc2ccccc2)n1)NCc1ccncc1. The van der Waals surface area contributed by atoms with Crippen molar-refractivity contribution in [1.29, 1.82) is 0 Å². The maximum absolute atomic E-state index is 12.0. The first-order chi connectivity index (χ1) is 11.8. The fourth-order valence-corrected chi connectivity index (χ4v) is 2.79. The van der Waals surface area contributed by atoms with E-state index >= 15 is 0 Å². The van der Waals surface area contributed by atoms with Crippen LogP contribution in [-0.2, 0) is 24.4 Å². The van der Waals surface area contributed by atoms with Gasteiger partial charge in [0.25, 0.3) is 0 Å². The second-order valence-corrected chi connectivity index (χ2v) is 6.09. The zero-order valence-electron chi connectivity index (χ0n) is 13.0. The van der Waals surface area contributed by atoms with Gasteiger partial charge in [0.2, 0.25) is 5.91 Å². The highest BCUT2D eigenvalue weighted by Gasteiger charge is 2.08. The van der Waals surface area contributed by atoms with Gasteiger partial charge in [0.1, 0.15) is 17.4 Å². The second-order valence-electron chi connectivity index (χ2n) is 5.14. The molecule has 122 valence electrons. The number of pyridine rings is 1. The first-order valence-corrected chi connectivity index (χ1v) is 8.44. The lowest BCUT2D eigenvalue weighted by molar-refractivity contribution is -0.120. The Morgan fingerprint density at radius 3 is 2.71 bits per heavy atom. The predicted octanol–water partition coefficient (Wildman–Crippen LogP) is 2.98. The number of nitrogens with one attached hydrogen (secondary N) is 1. The minimum absolute atomic E-state index is 0.0485. The fourth-order valence-electron chi connectivity index (χ4n) is 2.09. The smallest absolute Gasteiger partial charge is 0.226 e. The minimum atomic E-state index is -0.0485. The highest BCUT2D eigenvalue weighted by atomic mass is 32.1. The van der Waals surface area contributed by atoms with Gasteiger partial charge in [-0.3, -0.25) is 9.78 Å². The van der Waals surface area contributed by atoms with Crippen LogP contribution in [0.25, 0.3) is 0 Å². The molecule has 0 radical (unpaired) electrons. The van der Waals surface area contributed by atoms with E-state index in [2.05, 4.69) is 15.3 Å². The first-order valence-electron chi connectivity index (χ1n) is 7.56. The topological polar surface area (TPSA) is 64.1 Å². The third kappa shape index (κ3) is 4.89. The van der Waals surface area contributed by atoms with Crippen molar-refractivity contribution in [3.63, 3.8) is 0 Å². The van der Waals surface area contributed by atoms with Gasteiger partial charge in [-0.05, 0) is 29.8 Å². The molecule has 0 fully saturated rings. The Morgan fingerprint density at radius 2 is 1.92 bits per heavy atom. The van der Waals surface area contributed by atoms with Crippen LogP contribution in [-0.4, -0.2) is 15.9 Å². The second kappa shape index (κ2) is 8.21. The van der Waals surface area contributed by atoms with Crippen LogP contribution in [0.15, 0.2) is 60.2 Å². The molecule has 6 heteroatoms. The lowest BCUT2D eigenvalue weighted by Crippen LogP contribution is -2.24. The summed E-state index contributed by atoms with van der Waals surface area (Å²) in [5, 5.41) is 5.64. The number of benzene rings is 1. The lowest BCUT2D eigenvalue weighted by Gasteiger charge is -2.04. The maximum Gasteiger partial charge on any atom is 0.226 e. The molecule has 0 bridgehead atoms. The van der Waals surface area contributed by atoms with Crippen LogP contribution in [0.4, 0.5) is 0 Å². The number of thiazole rings is 1. The van der Waals surface area contributed by atoms with E-state index in [4.69, 9.17) is 4.74 Å². The molecule has 2 aromatic heterocycles. The van der Waals surface area contributed by atoms with Crippen LogP contribution in [0.1, 0.15) is 16.3 Å². The van der Waals surface area contributed by atoms with Gasteiger partial charge in [0.15, 0.2) is 0 Å². The molecule has 0 saturated carbocycles. The molecule has 2 heterocycles. The van der Waals surface area contributed by atoms with Gasteiger partial charge in [-0.2, -0.15) is 0 Å². The molecular formula is C18H17N3O2S. The van der Waals surface area contributed by atoms with Crippen LogP contribution < -0.4 is 10.1 Å². The molecular weight excluding hydrogens is 322 g/mol. The highest BCUT2D eigenvalue weighted by Crippen LogP contribution is 2.15. The number of ether oxygens (including phenoxy) is 1. The number of carbonyl (C=O) groups is 1. The Kier molecular flexibility index (Phi) is 5.52. The van der Waals surface area contributed by atoms with Crippen LogP contribution in [0.5, 0.6) is 5.75 Å². The van der Waals surface area contributed by atoms with E-state index in [-0.39, 0.29) is 12.3 Å². The Balaban J connectivity index is 1.46. The molecule has 3 aromatic rings. The van der Waals surface area contributed by atoms with Gasteiger partial charge in [0, 0.05) is 24.3 Å². The van der Waals surface area contributed by atoms with Crippen LogP contribution in [0, 0.1) is 0 Å². The number of hydrogen-bond donors (Lipinski definition) is 1. The van der Waals surface area contributed by atoms with E-state index in [1.165, 1.54) is 11.3 Å². The molecule has 1 aromatic carbocycles. The first kappa shape index (κ1) is 16.1. The van der Waals surface area contributed by atoms with E-state index < -0.39 is 0 Å². The summed E-state index contributed by atoms with van der Waals surface area (Å²) in [6.07, 6.45) is 3.69. The van der Waals surface area contributed by atoms with E-state index in [0.717, 1.165) is 22.0 Å². The number of carbonyl (C=O) groups excluding carboxylic acids is 1. The quantitative estimate of drug-likeness (QED) is 0.719. The predicted molar refractivity (Wildman–Crippen MR) is 92.7 cm³/mol. The monoisotopic (exact) mass is 339 g/mol. The molecule has 3 rings (SSSR count). The molecule has 24 heavy (non-hydrogen) atoms. The molecule has 1 amide bonds. The summed E-state index contributed by atoms with van der Waals surface area (Å²) in [5.41, 5.74) is 1.78. The van der Waals surface area contributed by atoms with Crippen LogP contribution in [0.3, 0.4) is 0 Å². The van der Waals surface area contributed by atoms with E-state index in [1.807, 2.05) is 47.8 Å². The summed E-state index contributed by atoms with van der Waals surface area (Å²) in [6.45, 7) is 0.906. The molecule has 1 N–H and O–H groups in total. The molecule has 5 nitrogen and oxygen atoms in total. The molecule has 0 spiro atoms. The lowest BCUT2D eigenvalue weighted by atomic mass is 10.2. The van der Waals surface area contributed by atoms with Gasteiger partial charge in [-0.25, -0.2) is 4.98 Å². The molecule has 0 saturated heterocycles. The Bertz CT molecular complexity index is 775. The van der Waals surface area contributed by atoms with Crippen molar-refractivity contribution < 1.29 is 9.53 Å². The van der Waals surface area contributed by atoms with Crippen molar-refractivity contribution in [2.45, 2.75) is 19.6 Å². The van der Waals surface area contributed by atoms with Gasteiger partial charge in [-0.15, -0.1) is 11.3 Å². The summed E-state index contributed by atoms with van der Waals surface area (Å²) < 4.78 is 5.66. The third-order valence-corrected chi connectivity index (χ3v) is 4.16. The molecule has 0 aliphatic carbocycles. The van der Waals surface area contributed by atoms with Crippen molar-refractivity contribution in [2.24, 2.45) is 0 Å². The average molecular weight is 339 g/mol. The summed E-state index contributed by atoms with van der Waals surface area (Å²) in [4.78, 5) is 20.4. The van der Waals surface area contributed by atoms with Gasteiger partial charge in [-0.1, -0.05) is 18.2 Å². The number of rotatable bonds is 7. The zero-order chi connectivity index (χ0) is 16.6. The Hall–Kier alpha value is -2.73. The standard InChI is InChI=1S/C18H17N3O2S/c22-17(20-11-14-6-8-19-9-7-14)10-15-13-24-18(21-15)12-23-16-4-2-1-3-5-16/h1-9,13H,10-12H2,(H,20,22). The third-order valence-electron chi connectivity index (χ3n) is 3.29. The average Bonchev–Trinajstić information content (AvgIpc) is 3.07. The molecule has 0 aliphatic heterocycles. The van der Waals surface area contributed by atoms with Crippen molar-refractivity contribution in [3.8, 4) is 5.75 Å². The molecule has 0 aliphatic rings. The van der Waals surface area contributed by atoms with E-state index in [9.17, 15) is 4.79 Å². The number of amides is 1.